The van der Waals surface area contributed by atoms with Crippen molar-refractivity contribution < 1.29 is 0 Å². The van der Waals surface area contributed by atoms with Crippen molar-refractivity contribution in [3.8, 4) is 0 Å². The maximum atomic E-state index is 4.12. The second-order valence-electron chi connectivity index (χ2n) is 2.12. The van der Waals surface area contributed by atoms with Crippen LogP contribution in [0.3, 0.4) is 0 Å². The molecule has 0 unspecified atom stereocenters. The number of fused-ring (bicyclic) bond motifs is 1. The molecule has 0 saturated carbocycles. The fraction of sp³-hybridized carbons (Fsp3) is 0.167. The molecule has 0 spiro atoms. The standard InChI is InChI=1S/C6H5BrN4S/c1-12-6-3-4(7)10-11-5(3)8-2-9-6/h2H,1H3,(H,8,9,10,11). The zero-order chi connectivity index (χ0) is 8.55. The fourth-order valence-corrected chi connectivity index (χ4v) is 2.09. The Balaban J connectivity index is 2.84. The third-order valence-electron chi connectivity index (χ3n) is 1.47. The van der Waals surface area contributed by atoms with Crippen LogP contribution < -0.4 is 0 Å². The quantitative estimate of drug-likeness (QED) is 0.615. The van der Waals surface area contributed by atoms with Crippen molar-refractivity contribution >= 4 is 38.7 Å². The van der Waals surface area contributed by atoms with Crippen molar-refractivity contribution in [2.45, 2.75) is 5.03 Å². The van der Waals surface area contributed by atoms with E-state index in [0.717, 1.165) is 15.0 Å². The number of rotatable bonds is 1. The third-order valence-corrected chi connectivity index (χ3v) is 2.74. The molecule has 12 heavy (non-hydrogen) atoms. The van der Waals surface area contributed by atoms with Crippen LogP contribution in [0, 0.1) is 0 Å². The summed E-state index contributed by atoms with van der Waals surface area (Å²) in [6.45, 7) is 0. The molecule has 2 rings (SSSR count). The lowest BCUT2D eigenvalue weighted by Gasteiger charge is -1.94. The highest BCUT2D eigenvalue weighted by Crippen LogP contribution is 2.26. The van der Waals surface area contributed by atoms with Gasteiger partial charge < -0.3 is 0 Å². The Morgan fingerprint density at radius 3 is 3.08 bits per heavy atom. The van der Waals surface area contributed by atoms with E-state index >= 15 is 0 Å². The predicted molar refractivity (Wildman–Crippen MR) is 51.2 cm³/mol. The predicted octanol–water partition coefficient (Wildman–Crippen LogP) is 1.84. The molecule has 0 aliphatic heterocycles. The molecule has 0 atom stereocenters. The molecule has 0 radical (unpaired) electrons. The molecular formula is C6H5BrN4S. The number of nitrogens with zero attached hydrogens (tertiary/aromatic N) is 3. The van der Waals surface area contributed by atoms with Crippen molar-refractivity contribution in [3.05, 3.63) is 10.9 Å². The van der Waals surface area contributed by atoms with Gasteiger partial charge in [0.15, 0.2) is 5.65 Å². The van der Waals surface area contributed by atoms with E-state index in [1.54, 1.807) is 11.8 Å². The van der Waals surface area contributed by atoms with Gasteiger partial charge in [-0.3, -0.25) is 5.10 Å². The SMILES string of the molecule is CSc1ncnc2n[nH]c(Br)c12. The Hall–Kier alpha value is -0.620. The first-order valence-electron chi connectivity index (χ1n) is 3.21. The van der Waals surface area contributed by atoms with Crippen molar-refractivity contribution in [2.24, 2.45) is 0 Å². The highest BCUT2D eigenvalue weighted by Gasteiger charge is 2.08. The van der Waals surface area contributed by atoms with E-state index in [0.29, 0.717) is 5.65 Å². The van der Waals surface area contributed by atoms with E-state index < -0.39 is 0 Å². The van der Waals surface area contributed by atoms with Crippen LogP contribution in [0.1, 0.15) is 0 Å². The average molecular weight is 245 g/mol. The number of nitrogens with one attached hydrogen (secondary N) is 1. The molecule has 0 saturated heterocycles. The monoisotopic (exact) mass is 244 g/mol. The van der Waals surface area contributed by atoms with Crippen molar-refractivity contribution in [1.82, 2.24) is 20.2 Å². The number of thioether (sulfide) groups is 1. The molecule has 4 nitrogen and oxygen atoms in total. The maximum Gasteiger partial charge on any atom is 0.186 e. The minimum absolute atomic E-state index is 0.696. The summed E-state index contributed by atoms with van der Waals surface area (Å²) in [5.74, 6) is 0. The van der Waals surface area contributed by atoms with Crippen LogP contribution >= 0.6 is 27.7 Å². The second kappa shape index (κ2) is 3.02. The molecule has 2 aromatic heterocycles. The number of H-pyrrole nitrogens is 1. The van der Waals surface area contributed by atoms with Gasteiger partial charge in [-0.15, -0.1) is 11.8 Å². The van der Waals surface area contributed by atoms with E-state index in [9.17, 15) is 0 Å². The van der Waals surface area contributed by atoms with E-state index in [2.05, 4.69) is 36.1 Å². The number of hydrogen-bond donors (Lipinski definition) is 1. The summed E-state index contributed by atoms with van der Waals surface area (Å²) in [6.07, 6.45) is 3.49. The summed E-state index contributed by atoms with van der Waals surface area (Å²) >= 11 is 4.92. The fourth-order valence-electron chi connectivity index (χ4n) is 0.950. The molecule has 0 aliphatic rings. The van der Waals surface area contributed by atoms with E-state index in [1.807, 2.05) is 6.26 Å². The molecule has 0 amide bonds. The molecular weight excluding hydrogens is 240 g/mol. The minimum Gasteiger partial charge on any atom is -0.268 e. The van der Waals surface area contributed by atoms with Crippen molar-refractivity contribution in [1.29, 1.82) is 0 Å². The second-order valence-corrected chi connectivity index (χ2v) is 3.71. The molecule has 6 heteroatoms. The van der Waals surface area contributed by atoms with Gasteiger partial charge in [0.2, 0.25) is 0 Å². The number of halogens is 1. The first-order chi connectivity index (χ1) is 5.83. The van der Waals surface area contributed by atoms with Crippen LogP contribution in [-0.2, 0) is 0 Å². The largest absolute Gasteiger partial charge is 0.268 e. The van der Waals surface area contributed by atoms with E-state index in [-0.39, 0.29) is 0 Å². The Labute approximate surface area is 81.3 Å². The van der Waals surface area contributed by atoms with Gasteiger partial charge in [0.1, 0.15) is 16.0 Å². The third kappa shape index (κ3) is 1.11. The molecule has 2 heterocycles. The lowest BCUT2D eigenvalue weighted by molar-refractivity contribution is 1.06. The normalized spacial score (nSPS) is 10.8. The summed E-state index contributed by atoms with van der Waals surface area (Å²) in [7, 11) is 0. The van der Waals surface area contributed by atoms with E-state index in [1.165, 1.54) is 6.33 Å². The van der Waals surface area contributed by atoms with Crippen LogP contribution in [0.4, 0.5) is 0 Å². The first kappa shape index (κ1) is 8.00. The van der Waals surface area contributed by atoms with Crippen LogP contribution in [-0.4, -0.2) is 26.4 Å². The topological polar surface area (TPSA) is 54.5 Å². The highest BCUT2D eigenvalue weighted by atomic mass is 79.9. The van der Waals surface area contributed by atoms with Crippen LogP contribution in [0.2, 0.25) is 0 Å². The Bertz CT molecular complexity index is 413. The highest BCUT2D eigenvalue weighted by molar-refractivity contribution is 9.10. The summed E-state index contributed by atoms with van der Waals surface area (Å²) in [4.78, 5) is 8.13. The maximum absolute atomic E-state index is 4.12. The lowest BCUT2D eigenvalue weighted by Crippen LogP contribution is -1.83. The van der Waals surface area contributed by atoms with Gasteiger partial charge in [0, 0.05) is 0 Å². The molecule has 62 valence electrons. The molecule has 0 aliphatic carbocycles. The van der Waals surface area contributed by atoms with Gasteiger partial charge in [-0.25, -0.2) is 9.97 Å². The van der Waals surface area contributed by atoms with Gasteiger partial charge in [-0.1, -0.05) is 0 Å². The smallest absolute Gasteiger partial charge is 0.186 e. The summed E-state index contributed by atoms with van der Waals surface area (Å²) < 4.78 is 0.836. The summed E-state index contributed by atoms with van der Waals surface area (Å²) in [6, 6.07) is 0. The van der Waals surface area contributed by atoms with Crippen molar-refractivity contribution in [2.75, 3.05) is 6.26 Å². The summed E-state index contributed by atoms with van der Waals surface area (Å²) in [5.41, 5.74) is 0.696. The number of hydrogen-bond acceptors (Lipinski definition) is 4. The zero-order valence-electron chi connectivity index (χ0n) is 6.21. The molecule has 0 bridgehead atoms. The lowest BCUT2D eigenvalue weighted by atomic mass is 10.4. The molecule has 0 aromatic carbocycles. The Morgan fingerprint density at radius 2 is 2.33 bits per heavy atom. The summed E-state index contributed by atoms with van der Waals surface area (Å²) in [5, 5.41) is 8.67. The van der Waals surface area contributed by atoms with Gasteiger partial charge in [0.05, 0.1) is 5.39 Å². The molecule has 0 fully saturated rings. The number of aromatic nitrogens is 4. The molecule has 1 N–H and O–H groups in total. The van der Waals surface area contributed by atoms with E-state index in [4.69, 9.17) is 0 Å². The number of aromatic amines is 1. The molecule has 2 aromatic rings. The average Bonchev–Trinajstić information content (AvgIpc) is 2.48. The van der Waals surface area contributed by atoms with Crippen LogP contribution in [0.5, 0.6) is 0 Å². The Kier molecular flexibility index (Phi) is 2.02. The Morgan fingerprint density at radius 1 is 1.50 bits per heavy atom. The van der Waals surface area contributed by atoms with Gasteiger partial charge in [0.25, 0.3) is 0 Å². The first-order valence-corrected chi connectivity index (χ1v) is 5.23. The zero-order valence-corrected chi connectivity index (χ0v) is 8.61. The van der Waals surface area contributed by atoms with Crippen molar-refractivity contribution in [3.63, 3.8) is 0 Å². The van der Waals surface area contributed by atoms with Crippen LogP contribution in [0.15, 0.2) is 16.0 Å². The minimum atomic E-state index is 0.696. The van der Waals surface area contributed by atoms with Crippen LogP contribution in [0.25, 0.3) is 11.0 Å². The van der Waals surface area contributed by atoms with Gasteiger partial charge in [-0.05, 0) is 22.2 Å². The van der Waals surface area contributed by atoms with Gasteiger partial charge in [-0.2, -0.15) is 5.10 Å². The van der Waals surface area contributed by atoms with Gasteiger partial charge >= 0.3 is 0 Å².